The zero-order valence-corrected chi connectivity index (χ0v) is 22.2. The summed E-state index contributed by atoms with van der Waals surface area (Å²) in [4.78, 5) is 4.93. The van der Waals surface area contributed by atoms with Gasteiger partial charge < -0.3 is 28.7 Å². The summed E-state index contributed by atoms with van der Waals surface area (Å²) in [6, 6.07) is 17.0. The maximum absolute atomic E-state index is 6.01. The summed E-state index contributed by atoms with van der Waals surface area (Å²) in [7, 11) is 4.45. The lowest BCUT2D eigenvalue weighted by molar-refractivity contribution is 0.152. The van der Waals surface area contributed by atoms with Gasteiger partial charge in [-0.15, -0.1) is 0 Å². The van der Waals surface area contributed by atoms with Crippen LogP contribution < -0.4 is 18.9 Å². The first kappa shape index (κ1) is 26.6. The molecule has 0 radical (unpaired) electrons. The molecule has 2 aromatic rings. The SMILES string of the molecule is CN1CCCCC1CCOc1cccc(OCCOc2cccc(OCCC3CCCCN3C)c2)c1. The molecule has 2 aliphatic heterocycles. The van der Waals surface area contributed by atoms with E-state index in [1.165, 1.54) is 51.6 Å². The highest BCUT2D eigenvalue weighted by atomic mass is 16.5. The van der Waals surface area contributed by atoms with E-state index >= 15 is 0 Å². The molecule has 0 bridgehead atoms. The van der Waals surface area contributed by atoms with Gasteiger partial charge >= 0.3 is 0 Å². The Labute approximate surface area is 217 Å². The minimum atomic E-state index is 0.468. The number of piperidine rings is 2. The number of hydrogen-bond donors (Lipinski definition) is 0. The molecule has 4 rings (SSSR count). The lowest BCUT2D eigenvalue weighted by atomic mass is 10.0. The van der Waals surface area contributed by atoms with E-state index in [2.05, 4.69) is 23.9 Å². The first-order valence-electron chi connectivity index (χ1n) is 13.8. The standard InChI is InChI=1S/C30H44N2O4/c1-31-17-5-3-9-25(31)15-19-33-27-11-7-13-29(23-27)35-21-22-36-30-14-8-12-28(24-30)34-20-16-26-10-4-6-18-32(26)2/h7-8,11-14,23-26H,3-6,9-10,15-22H2,1-2H3. The summed E-state index contributed by atoms with van der Waals surface area (Å²) < 4.78 is 23.8. The Balaban J connectivity index is 1.13. The van der Waals surface area contributed by atoms with Crippen LogP contribution in [-0.2, 0) is 0 Å². The van der Waals surface area contributed by atoms with Crippen LogP contribution in [0.3, 0.4) is 0 Å². The monoisotopic (exact) mass is 496 g/mol. The number of likely N-dealkylation sites (tertiary alicyclic amines) is 2. The third-order valence-electron chi connectivity index (χ3n) is 7.51. The van der Waals surface area contributed by atoms with E-state index in [0.717, 1.165) is 49.1 Å². The van der Waals surface area contributed by atoms with Crippen LogP contribution >= 0.6 is 0 Å². The molecule has 0 spiro atoms. The van der Waals surface area contributed by atoms with Crippen molar-refractivity contribution in [3.05, 3.63) is 48.5 Å². The average molecular weight is 497 g/mol. The van der Waals surface area contributed by atoms with Crippen molar-refractivity contribution >= 4 is 0 Å². The predicted molar refractivity (Wildman–Crippen MR) is 145 cm³/mol. The zero-order valence-electron chi connectivity index (χ0n) is 22.2. The van der Waals surface area contributed by atoms with Gasteiger partial charge in [-0.2, -0.15) is 0 Å². The van der Waals surface area contributed by atoms with Crippen LogP contribution in [0.1, 0.15) is 51.4 Å². The van der Waals surface area contributed by atoms with Crippen molar-refractivity contribution in [1.82, 2.24) is 9.80 Å². The van der Waals surface area contributed by atoms with Crippen molar-refractivity contribution in [1.29, 1.82) is 0 Å². The van der Waals surface area contributed by atoms with Crippen LogP contribution in [0.2, 0.25) is 0 Å². The molecule has 6 heteroatoms. The summed E-state index contributed by atoms with van der Waals surface area (Å²) in [6.45, 7) is 4.80. The second-order valence-electron chi connectivity index (χ2n) is 10.2. The van der Waals surface area contributed by atoms with Crippen molar-refractivity contribution in [3.8, 4) is 23.0 Å². The normalized spacial score (nSPS) is 21.2. The first-order chi connectivity index (χ1) is 17.7. The topological polar surface area (TPSA) is 43.4 Å². The van der Waals surface area contributed by atoms with Gasteiger partial charge in [0, 0.05) is 24.2 Å². The minimum absolute atomic E-state index is 0.468. The van der Waals surface area contributed by atoms with Crippen molar-refractivity contribution in [2.75, 3.05) is 53.6 Å². The van der Waals surface area contributed by atoms with Crippen molar-refractivity contribution < 1.29 is 18.9 Å². The summed E-state index contributed by atoms with van der Waals surface area (Å²) in [5, 5.41) is 0. The van der Waals surface area contributed by atoms with Crippen molar-refractivity contribution in [3.63, 3.8) is 0 Å². The second-order valence-corrected chi connectivity index (χ2v) is 10.2. The minimum Gasteiger partial charge on any atom is -0.493 e. The van der Waals surface area contributed by atoms with Gasteiger partial charge in [-0.1, -0.05) is 25.0 Å². The van der Waals surface area contributed by atoms with Gasteiger partial charge in [0.1, 0.15) is 36.2 Å². The van der Waals surface area contributed by atoms with Crippen LogP contribution in [0.4, 0.5) is 0 Å². The number of benzene rings is 2. The molecule has 2 heterocycles. The highest BCUT2D eigenvalue weighted by Crippen LogP contribution is 2.23. The average Bonchev–Trinajstić information content (AvgIpc) is 2.89. The van der Waals surface area contributed by atoms with Gasteiger partial charge in [0.05, 0.1) is 13.2 Å². The van der Waals surface area contributed by atoms with E-state index in [4.69, 9.17) is 18.9 Å². The molecule has 0 amide bonds. The van der Waals surface area contributed by atoms with Crippen LogP contribution in [0.15, 0.2) is 48.5 Å². The summed E-state index contributed by atoms with van der Waals surface area (Å²) in [5.74, 6) is 3.32. The largest absolute Gasteiger partial charge is 0.493 e. The smallest absolute Gasteiger partial charge is 0.123 e. The number of rotatable bonds is 13. The van der Waals surface area contributed by atoms with E-state index in [9.17, 15) is 0 Å². The fourth-order valence-corrected chi connectivity index (χ4v) is 5.27. The molecular weight excluding hydrogens is 452 g/mol. The van der Waals surface area contributed by atoms with Gasteiger partial charge in [0.15, 0.2) is 0 Å². The molecule has 0 saturated carbocycles. The van der Waals surface area contributed by atoms with E-state index in [1.54, 1.807) is 0 Å². The van der Waals surface area contributed by atoms with Crippen LogP contribution in [0, 0.1) is 0 Å². The summed E-state index contributed by atoms with van der Waals surface area (Å²) >= 11 is 0. The van der Waals surface area contributed by atoms with Gasteiger partial charge in [0.25, 0.3) is 0 Å². The Bertz CT molecular complexity index is 835. The van der Waals surface area contributed by atoms with Gasteiger partial charge in [-0.25, -0.2) is 0 Å². The number of ether oxygens (including phenoxy) is 4. The van der Waals surface area contributed by atoms with E-state index in [-0.39, 0.29) is 0 Å². The number of nitrogens with zero attached hydrogens (tertiary/aromatic N) is 2. The molecule has 2 aromatic carbocycles. The molecule has 0 N–H and O–H groups in total. The lowest BCUT2D eigenvalue weighted by Crippen LogP contribution is -2.37. The zero-order chi connectivity index (χ0) is 25.0. The fraction of sp³-hybridized carbons (Fsp3) is 0.600. The summed E-state index contributed by atoms with van der Waals surface area (Å²) in [6.07, 6.45) is 9.97. The van der Waals surface area contributed by atoms with Gasteiger partial charge in [0.2, 0.25) is 0 Å². The molecule has 198 valence electrons. The maximum Gasteiger partial charge on any atom is 0.123 e. The third kappa shape index (κ3) is 8.59. The highest BCUT2D eigenvalue weighted by Gasteiger charge is 2.19. The Hall–Kier alpha value is -2.44. The first-order valence-corrected chi connectivity index (χ1v) is 13.8. The molecule has 0 aliphatic carbocycles. The van der Waals surface area contributed by atoms with E-state index in [0.29, 0.717) is 25.3 Å². The van der Waals surface area contributed by atoms with E-state index < -0.39 is 0 Å². The lowest BCUT2D eigenvalue weighted by Gasteiger charge is -2.32. The molecule has 2 fully saturated rings. The predicted octanol–water partition coefficient (Wildman–Crippen LogP) is 5.65. The Morgan fingerprint density at radius 2 is 0.972 bits per heavy atom. The molecule has 2 atom stereocenters. The van der Waals surface area contributed by atoms with Crippen LogP contribution in [0.25, 0.3) is 0 Å². The highest BCUT2D eigenvalue weighted by molar-refractivity contribution is 5.34. The molecular formula is C30H44N2O4. The van der Waals surface area contributed by atoms with Crippen molar-refractivity contribution in [2.45, 2.75) is 63.5 Å². The molecule has 6 nitrogen and oxygen atoms in total. The molecule has 0 aromatic heterocycles. The quantitative estimate of drug-likeness (QED) is 0.334. The van der Waals surface area contributed by atoms with Gasteiger partial charge in [-0.05, 0) is 90.0 Å². The summed E-state index contributed by atoms with van der Waals surface area (Å²) in [5.41, 5.74) is 0. The number of hydrogen-bond acceptors (Lipinski definition) is 6. The Morgan fingerprint density at radius 1 is 0.583 bits per heavy atom. The second kappa shape index (κ2) is 14.3. The molecule has 2 saturated heterocycles. The Kier molecular flexibility index (Phi) is 10.6. The Morgan fingerprint density at radius 3 is 1.36 bits per heavy atom. The van der Waals surface area contributed by atoms with Crippen LogP contribution in [-0.4, -0.2) is 75.5 Å². The molecule has 36 heavy (non-hydrogen) atoms. The van der Waals surface area contributed by atoms with E-state index in [1.807, 2.05) is 48.5 Å². The molecule has 2 aliphatic rings. The molecule has 2 unspecified atom stereocenters. The third-order valence-corrected chi connectivity index (χ3v) is 7.51. The van der Waals surface area contributed by atoms with Gasteiger partial charge in [-0.3, -0.25) is 0 Å². The fourth-order valence-electron chi connectivity index (χ4n) is 5.27. The maximum atomic E-state index is 6.01. The van der Waals surface area contributed by atoms with Crippen molar-refractivity contribution in [2.24, 2.45) is 0 Å². The van der Waals surface area contributed by atoms with Crippen LogP contribution in [0.5, 0.6) is 23.0 Å².